The van der Waals surface area contributed by atoms with Crippen LogP contribution in [0.3, 0.4) is 0 Å². The predicted molar refractivity (Wildman–Crippen MR) is 66.1 cm³/mol. The molecule has 0 N–H and O–H groups in total. The number of hydrogen-bond donors (Lipinski definition) is 0. The fourth-order valence-electron chi connectivity index (χ4n) is 1.71. The number of imidazole rings is 1. The Hall–Kier alpha value is -1.36. The quantitative estimate of drug-likeness (QED) is 0.737. The number of hydrogen-bond acceptors (Lipinski definition) is 3. The van der Waals surface area contributed by atoms with Gasteiger partial charge in [0.15, 0.2) is 0 Å². The second-order valence-corrected chi connectivity index (χ2v) is 4.25. The Morgan fingerprint density at radius 1 is 1.41 bits per heavy atom. The number of rotatable bonds is 6. The van der Waals surface area contributed by atoms with E-state index >= 15 is 0 Å². The zero-order valence-electron chi connectivity index (χ0n) is 9.88. The van der Waals surface area contributed by atoms with E-state index in [0.29, 0.717) is 12.4 Å². The molecule has 0 fully saturated rings. The van der Waals surface area contributed by atoms with E-state index in [9.17, 15) is 0 Å². The summed E-state index contributed by atoms with van der Waals surface area (Å²) >= 11 is 5.65. The van der Waals surface area contributed by atoms with Gasteiger partial charge in [0, 0.05) is 18.6 Å². The van der Waals surface area contributed by atoms with Crippen molar-refractivity contribution in [3.8, 4) is 0 Å². The van der Waals surface area contributed by atoms with Gasteiger partial charge in [0.25, 0.3) is 0 Å². The van der Waals surface area contributed by atoms with E-state index in [1.54, 1.807) is 0 Å². The van der Waals surface area contributed by atoms with Crippen LogP contribution >= 0.6 is 11.6 Å². The minimum absolute atomic E-state index is 0.662. The van der Waals surface area contributed by atoms with Gasteiger partial charge in [0.2, 0.25) is 0 Å². The van der Waals surface area contributed by atoms with Crippen LogP contribution in [0.2, 0.25) is 0 Å². The highest BCUT2D eigenvalue weighted by molar-refractivity contribution is 6.17. The van der Waals surface area contributed by atoms with Gasteiger partial charge in [-0.1, -0.05) is 5.21 Å². The Balaban J connectivity index is 2.01. The Kier molecular flexibility index (Phi) is 4.14. The molecular weight excluding hydrogens is 238 g/mol. The first-order valence-electron chi connectivity index (χ1n) is 5.77. The summed E-state index contributed by atoms with van der Waals surface area (Å²) < 4.78 is 3.94. The molecule has 2 rings (SSSR count). The third-order valence-corrected chi connectivity index (χ3v) is 2.88. The highest BCUT2D eigenvalue weighted by Gasteiger charge is 2.04. The lowest BCUT2D eigenvalue weighted by atomic mass is 10.3. The first-order chi connectivity index (χ1) is 8.33. The highest BCUT2D eigenvalue weighted by atomic mass is 35.5. The lowest BCUT2D eigenvalue weighted by Gasteiger charge is -2.03. The highest BCUT2D eigenvalue weighted by Crippen LogP contribution is 2.04. The minimum atomic E-state index is 0.662. The van der Waals surface area contributed by atoms with E-state index in [1.165, 1.54) is 0 Å². The molecule has 0 bridgehead atoms. The van der Waals surface area contributed by atoms with E-state index in [-0.39, 0.29) is 0 Å². The van der Waals surface area contributed by atoms with Crippen molar-refractivity contribution in [1.29, 1.82) is 0 Å². The maximum Gasteiger partial charge on any atom is 0.0948 e. The zero-order valence-corrected chi connectivity index (χ0v) is 10.6. The van der Waals surface area contributed by atoms with Crippen molar-refractivity contribution in [3.63, 3.8) is 0 Å². The summed E-state index contributed by atoms with van der Waals surface area (Å²) in [7, 11) is 0. The van der Waals surface area contributed by atoms with Gasteiger partial charge in [-0.2, -0.15) is 0 Å². The second kappa shape index (κ2) is 5.82. The maximum atomic E-state index is 5.65. The molecule has 0 spiro atoms. The monoisotopic (exact) mass is 253 g/mol. The molecule has 0 saturated carbocycles. The minimum Gasteiger partial charge on any atom is -0.333 e. The molecule has 0 aliphatic rings. The van der Waals surface area contributed by atoms with E-state index in [4.69, 9.17) is 11.6 Å². The van der Waals surface area contributed by atoms with Crippen LogP contribution in [0.5, 0.6) is 0 Å². The molecule has 92 valence electrons. The molecule has 2 heterocycles. The SMILES string of the molecule is CCn1cncc1Cn1cc(CCCCl)nn1. The van der Waals surface area contributed by atoms with Crippen LogP contribution in [-0.4, -0.2) is 30.4 Å². The fraction of sp³-hybridized carbons (Fsp3) is 0.545. The summed E-state index contributed by atoms with van der Waals surface area (Å²) in [6.45, 7) is 3.73. The van der Waals surface area contributed by atoms with Crippen LogP contribution in [0.1, 0.15) is 24.7 Å². The lowest BCUT2D eigenvalue weighted by molar-refractivity contribution is 0.602. The third kappa shape index (κ3) is 3.06. The second-order valence-electron chi connectivity index (χ2n) is 3.87. The molecular formula is C11H16ClN5. The molecule has 2 aromatic heterocycles. The summed E-state index contributed by atoms with van der Waals surface area (Å²) in [5.41, 5.74) is 2.13. The zero-order chi connectivity index (χ0) is 12.1. The normalized spacial score (nSPS) is 10.9. The van der Waals surface area contributed by atoms with Gasteiger partial charge in [-0.05, 0) is 19.8 Å². The standard InChI is InChI=1S/C11H16ClN5/c1-2-16-9-13-6-11(16)8-17-7-10(14-15-17)4-3-5-12/h6-7,9H,2-5,8H2,1H3. The van der Waals surface area contributed by atoms with Crippen molar-refractivity contribution in [1.82, 2.24) is 24.5 Å². The molecule has 0 aliphatic heterocycles. The molecule has 5 nitrogen and oxygen atoms in total. The van der Waals surface area contributed by atoms with Crippen LogP contribution in [0, 0.1) is 0 Å². The average molecular weight is 254 g/mol. The van der Waals surface area contributed by atoms with Crippen molar-refractivity contribution >= 4 is 11.6 Å². The van der Waals surface area contributed by atoms with Gasteiger partial charge in [-0.3, -0.25) is 0 Å². The molecule has 17 heavy (non-hydrogen) atoms. The lowest BCUT2D eigenvalue weighted by Crippen LogP contribution is -2.06. The van der Waals surface area contributed by atoms with Crippen LogP contribution in [-0.2, 0) is 19.5 Å². The van der Waals surface area contributed by atoms with Crippen molar-refractivity contribution < 1.29 is 0 Å². The Morgan fingerprint density at radius 3 is 3.06 bits per heavy atom. The van der Waals surface area contributed by atoms with Gasteiger partial charge < -0.3 is 4.57 Å². The summed E-state index contributed by atoms with van der Waals surface area (Å²) in [6.07, 6.45) is 7.49. The number of halogens is 1. The summed E-state index contributed by atoms with van der Waals surface area (Å²) in [4.78, 5) is 4.13. The molecule has 0 aliphatic carbocycles. The molecule has 0 saturated heterocycles. The van der Waals surface area contributed by atoms with Crippen molar-refractivity contribution in [2.45, 2.75) is 32.9 Å². The van der Waals surface area contributed by atoms with E-state index < -0.39 is 0 Å². The van der Waals surface area contributed by atoms with Gasteiger partial charge >= 0.3 is 0 Å². The number of aromatic nitrogens is 5. The average Bonchev–Trinajstić information content (AvgIpc) is 2.96. The topological polar surface area (TPSA) is 48.5 Å². The number of nitrogens with zero attached hydrogens (tertiary/aromatic N) is 5. The molecule has 0 amide bonds. The Bertz CT molecular complexity index is 462. The molecule has 0 unspecified atom stereocenters. The van der Waals surface area contributed by atoms with E-state index in [0.717, 1.165) is 30.8 Å². The predicted octanol–water partition coefficient (Wildman–Crippen LogP) is 1.71. The van der Waals surface area contributed by atoms with E-state index in [2.05, 4.69) is 26.8 Å². The molecule has 0 aromatic carbocycles. The Morgan fingerprint density at radius 2 is 2.29 bits per heavy atom. The third-order valence-electron chi connectivity index (χ3n) is 2.62. The van der Waals surface area contributed by atoms with Crippen LogP contribution < -0.4 is 0 Å². The molecule has 0 atom stereocenters. The Labute approximate surface area is 105 Å². The largest absolute Gasteiger partial charge is 0.333 e. The van der Waals surface area contributed by atoms with Gasteiger partial charge in [-0.25, -0.2) is 9.67 Å². The van der Waals surface area contributed by atoms with Crippen molar-refractivity contribution in [2.75, 3.05) is 5.88 Å². The van der Waals surface area contributed by atoms with Gasteiger partial charge in [0.05, 0.1) is 30.5 Å². The molecule has 0 radical (unpaired) electrons. The first kappa shape index (κ1) is 12.1. The van der Waals surface area contributed by atoms with Crippen LogP contribution in [0.15, 0.2) is 18.7 Å². The molecule has 6 heteroatoms. The van der Waals surface area contributed by atoms with Gasteiger partial charge in [-0.15, -0.1) is 16.7 Å². The van der Waals surface area contributed by atoms with Gasteiger partial charge in [0.1, 0.15) is 0 Å². The molecule has 2 aromatic rings. The van der Waals surface area contributed by atoms with Crippen LogP contribution in [0.4, 0.5) is 0 Å². The first-order valence-corrected chi connectivity index (χ1v) is 6.31. The summed E-state index contributed by atoms with van der Waals surface area (Å²) in [5.74, 6) is 0.662. The van der Waals surface area contributed by atoms with Crippen molar-refractivity contribution in [3.05, 3.63) is 30.1 Å². The summed E-state index contributed by atoms with van der Waals surface area (Å²) in [6, 6.07) is 0. The number of alkyl halides is 1. The number of aryl methyl sites for hydroxylation is 2. The fourth-order valence-corrected chi connectivity index (χ4v) is 1.84. The maximum absolute atomic E-state index is 5.65. The van der Waals surface area contributed by atoms with E-state index in [1.807, 2.05) is 23.4 Å². The smallest absolute Gasteiger partial charge is 0.0948 e. The van der Waals surface area contributed by atoms with Crippen LogP contribution in [0.25, 0.3) is 0 Å². The van der Waals surface area contributed by atoms with Crippen molar-refractivity contribution in [2.24, 2.45) is 0 Å². The summed E-state index contributed by atoms with van der Waals surface area (Å²) in [5, 5.41) is 8.22.